The van der Waals surface area contributed by atoms with Gasteiger partial charge in [0.2, 0.25) is 4.77 Å². The van der Waals surface area contributed by atoms with Crippen LogP contribution < -0.4 is 15.1 Å². The number of hydrogen-bond donors (Lipinski definition) is 3. The summed E-state index contributed by atoms with van der Waals surface area (Å²) in [6, 6.07) is 10.0. The number of nitrogens with zero attached hydrogens (tertiary/aromatic N) is 3. The van der Waals surface area contributed by atoms with E-state index in [9.17, 15) is 4.79 Å². The van der Waals surface area contributed by atoms with Gasteiger partial charge >= 0.3 is 0 Å². The van der Waals surface area contributed by atoms with Gasteiger partial charge in [0.15, 0.2) is 13.2 Å². The summed E-state index contributed by atoms with van der Waals surface area (Å²) in [7, 11) is 0. The van der Waals surface area contributed by atoms with Crippen LogP contribution in [-0.2, 0) is 11.5 Å². The standard InChI is InChI=1S/C19H28N6OS/c1-19(2,3)21-17(26)13-22-9-11-23(12-10-22)15-25-18(27)24(14-20-25)16-7-5-4-6-8-16/h4-8,14H,9-13,15H2,1-3H3,(H,21,26)/p+2. The Kier molecular flexibility index (Phi) is 6.08. The van der Waals surface area contributed by atoms with E-state index >= 15 is 0 Å². The summed E-state index contributed by atoms with van der Waals surface area (Å²) in [6.07, 6.45) is 1.79. The van der Waals surface area contributed by atoms with Crippen molar-refractivity contribution in [2.45, 2.75) is 33.0 Å². The van der Waals surface area contributed by atoms with Crippen LogP contribution in [0, 0.1) is 4.77 Å². The minimum absolute atomic E-state index is 0.129. The molecule has 0 radical (unpaired) electrons. The maximum Gasteiger partial charge on any atom is 0.275 e. The predicted molar refractivity (Wildman–Crippen MR) is 107 cm³/mol. The topological polar surface area (TPSA) is 60.7 Å². The Morgan fingerprint density at radius 3 is 2.41 bits per heavy atom. The molecule has 3 N–H and O–H groups in total. The lowest BCUT2D eigenvalue weighted by atomic mass is 10.1. The average molecular weight is 391 g/mol. The second kappa shape index (κ2) is 8.33. The summed E-state index contributed by atoms with van der Waals surface area (Å²) in [6.45, 7) is 11.4. The molecule has 1 aliphatic heterocycles. The van der Waals surface area contributed by atoms with Crippen LogP contribution in [-0.4, -0.2) is 58.5 Å². The Balaban J connectivity index is 1.52. The number of quaternary nitrogens is 2. The van der Waals surface area contributed by atoms with Gasteiger partial charge in [-0.15, -0.1) is 0 Å². The largest absolute Gasteiger partial charge is 0.347 e. The average Bonchev–Trinajstić information content (AvgIpc) is 2.96. The summed E-state index contributed by atoms with van der Waals surface area (Å²) in [4.78, 5) is 14.9. The Hall–Kier alpha value is -2.03. The molecule has 0 atom stereocenters. The van der Waals surface area contributed by atoms with Crippen molar-refractivity contribution >= 4 is 18.1 Å². The molecule has 0 spiro atoms. The Morgan fingerprint density at radius 2 is 1.78 bits per heavy atom. The summed E-state index contributed by atoms with van der Waals surface area (Å²) in [5, 5.41) is 7.52. The minimum atomic E-state index is -0.169. The maximum atomic E-state index is 12.1. The molecule has 0 saturated carbocycles. The molecule has 2 aromatic rings. The van der Waals surface area contributed by atoms with Gasteiger partial charge in [0.1, 0.15) is 32.5 Å². The monoisotopic (exact) mass is 390 g/mol. The zero-order valence-corrected chi connectivity index (χ0v) is 17.2. The summed E-state index contributed by atoms with van der Waals surface area (Å²) in [5.41, 5.74) is 0.861. The zero-order chi connectivity index (χ0) is 19.4. The molecule has 1 aromatic heterocycles. The van der Waals surface area contributed by atoms with E-state index in [-0.39, 0.29) is 11.4 Å². The van der Waals surface area contributed by atoms with Crippen molar-refractivity contribution in [1.29, 1.82) is 0 Å². The molecule has 27 heavy (non-hydrogen) atoms. The number of benzene rings is 1. The molecule has 1 fully saturated rings. The molecule has 7 nitrogen and oxygen atoms in total. The third kappa shape index (κ3) is 5.47. The first-order chi connectivity index (χ1) is 12.8. The van der Waals surface area contributed by atoms with E-state index in [1.165, 1.54) is 9.80 Å². The molecule has 1 aliphatic rings. The van der Waals surface area contributed by atoms with Crippen LogP contribution in [0.4, 0.5) is 0 Å². The summed E-state index contributed by atoms with van der Waals surface area (Å²) < 4.78 is 4.55. The van der Waals surface area contributed by atoms with Crippen molar-refractivity contribution in [2.75, 3.05) is 32.7 Å². The Morgan fingerprint density at radius 1 is 1.15 bits per heavy atom. The van der Waals surface area contributed by atoms with Crippen LogP contribution in [0.5, 0.6) is 0 Å². The molecular weight excluding hydrogens is 360 g/mol. The molecule has 0 unspecified atom stereocenters. The van der Waals surface area contributed by atoms with E-state index in [2.05, 4.69) is 10.4 Å². The molecule has 8 heteroatoms. The second-order valence-corrected chi connectivity index (χ2v) is 8.62. The number of para-hydroxylation sites is 1. The molecule has 146 valence electrons. The van der Waals surface area contributed by atoms with Gasteiger partial charge in [-0.3, -0.25) is 9.36 Å². The number of amides is 1. The highest BCUT2D eigenvalue weighted by Gasteiger charge is 2.26. The van der Waals surface area contributed by atoms with Gasteiger partial charge < -0.3 is 15.1 Å². The molecule has 0 bridgehead atoms. The number of carbonyl (C=O) groups is 1. The van der Waals surface area contributed by atoms with E-state index in [1.807, 2.05) is 60.4 Å². The number of rotatable bonds is 5. The molecular formula is C19H30N6OS+2. The normalized spacial score (nSPS) is 20.4. The molecule has 3 rings (SSSR count). The van der Waals surface area contributed by atoms with Crippen LogP contribution in [0.15, 0.2) is 36.7 Å². The fourth-order valence-corrected chi connectivity index (χ4v) is 3.67. The van der Waals surface area contributed by atoms with E-state index in [0.717, 1.165) is 38.5 Å². The van der Waals surface area contributed by atoms with Crippen LogP contribution in [0.25, 0.3) is 5.69 Å². The fourth-order valence-electron chi connectivity index (χ4n) is 3.40. The zero-order valence-electron chi connectivity index (χ0n) is 16.4. The summed E-state index contributed by atoms with van der Waals surface area (Å²) in [5.74, 6) is 0.129. The number of aromatic nitrogens is 3. The van der Waals surface area contributed by atoms with E-state index in [1.54, 1.807) is 6.33 Å². The summed E-state index contributed by atoms with van der Waals surface area (Å²) >= 11 is 5.60. The maximum absolute atomic E-state index is 12.1. The molecule has 2 heterocycles. The second-order valence-electron chi connectivity index (χ2n) is 8.25. The highest BCUT2D eigenvalue weighted by molar-refractivity contribution is 7.71. The van der Waals surface area contributed by atoms with Gasteiger partial charge in [0.05, 0.1) is 0 Å². The molecule has 1 amide bonds. The smallest absolute Gasteiger partial charge is 0.275 e. The number of piperazine rings is 1. The fraction of sp³-hybridized carbons (Fsp3) is 0.526. The van der Waals surface area contributed by atoms with Crippen molar-refractivity contribution in [3.05, 3.63) is 41.4 Å². The van der Waals surface area contributed by atoms with Gasteiger partial charge in [-0.25, -0.2) is 0 Å². The number of nitrogens with one attached hydrogen (secondary N) is 3. The van der Waals surface area contributed by atoms with Gasteiger partial charge in [-0.1, -0.05) is 18.2 Å². The van der Waals surface area contributed by atoms with Crippen LogP contribution >= 0.6 is 12.2 Å². The van der Waals surface area contributed by atoms with Crippen LogP contribution in [0.1, 0.15) is 20.8 Å². The van der Waals surface area contributed by atoms with Crippen molar-refractivity contribution in [3.63, 3.8) is 0 Å². The Labute approximate surface area is 165 Å². The third-order valence-electron chi connectivity index (χ3n) is 4.73. The first-order valence-electron chi connectivity index (χ1n) is 9.50. The van der Waals surface area contributed by atoms with Crippen molar-refractivity contribution < 1.29 is 14.6 Å². The highest BCUT2D eigenvalue weighted by Crippen LogP contribution is 2.07. The van der Waals surface area contributed by atoms with Crippen molar-refractivity contribution in [2.24, 2.45) is 0 Å². The lowest BCUT2D eigenvalue weighted by Gasteiger charge is -2.30. The van der Waals surface area contributed by atoms with Gasteiger partial charge in [0, 0.05) is 11.2 Å². The van der Waals surface area contributed by atoms with Gasteiger partial charge in [0.25, 0.3) is 5.91 Å². The lowest BCUT2D eigenvalue weighted by Crippen LogP contribution is -3.28. The van der Waals surface area contributed by atoms with E-state index in [4.69, 9.17) is 12.2 Å². The first kappa shape index (κ1) is 19.7. The highest BCUT2D eigenvalue weighted by atomic mass is 32.1. The van der Waals surface area contributed by atoms with Crippen molar-refractivity contribution in [1.82, 2.24) is 19.7 Å². The molecule has 1 aromatic carbocycles. The van der Waals surface area contributed by atoms with Gasteiger partial charge in [-0.05, 0) is 45.1 Å². The van der Waals surface area contributed by atoms with Crippen LogP contribution in [0.3, 0.4) is 0 Å². The SMILES string of the molecule is CC(C)(C)NC(=O)C[NH+]1CC[NH+](Cn2ncn(-c3ccccc3)c2=S)CC1. The molecule has 0 aliphatic carbocycles. The third-order valence-corrected chi connectivity index (χ3v) is 5.14. The van der Waals surface area contributed by atoms with E-state index < -0.39 is 0 Å². The van der Waals surface area contributed by atoms with Crippen molar-refractivity contribution in [3.8, 4) is 5.69 Å². The quantitative estimate of drug-likeness (QED) is 0.578. The number of hydrogen-bond acceptors (Lipinski definition) is 3. The van der Waals surface area contributed by atoms with E-state index in [0.29, 0.717) is 11.3 Å². The first-order valence-corrected chi connectivity index (χ1v) is 9.91. The van der Waals surface area contributed by atoms with Crippen LogP contribution in [0.2, 0.25) is 0 Å². The van der Waals surface area contributed by atoms with Gasteiger partial charge in [-0.2, -0.15) is 9.78 Å². The predicted octanol–water partition coefficient (Wildman–Crippen LogP) is -0.941. The Bertz CT molecular complexity index is 815. The molecule has 1 saturated heterocycles. The lowest BCUT2D eigenvalue weighted by molar-refractivity contribution is -1.02. The minimum Gasteiger partial charge on any atom is -0.347 e. The number of carbonyl (C=O) groups excluding carboxylic acids is 1.